The van der Waals surface area contributed by atoms with Gasteiger partial charge in [0.2, 0.25) is 10.0 Å². The van der Waals surface area contributed by atoms with Gasteiger partial charge >= 0.3 is 0 Å². The largest absolute Gasteiger partial charge is 0.457 e. The fraction of sp³-hybridized carbons (Fsp3) is 0.250. The number of para-hydroxylation sites is 1. The Balaban J connectivity index is 1.72. The summed E-state index contributed by atoms with van der Waals surface area (Å²) in [5.74, 6) is 1.20. The Labute approximate surface area is 129 Å². The molecule has 0 radical (unpaired) electrons. The van der Waals surface area contributed by atoms with Gasteiger partial charge in [0.25, 0.3) is 0 Å². The Morgan fingerprint density at radius 1 is 1.05 bits per heavy atom. The van der Waals surface area contributed by atoms with Crippen molar-refractivity contribution >= 4 is 15.7 Å². The quantitative estimate of drug-likeness (QED) is 0.946. The van der Waals surface area contributed by atoms with Gasteiger partial charge in [-0.3, -0.25) is 0 Å². The first kappa shape index (κ1) is 13.6. The van der Waals surface area contributed by atoms with Crippen LogP contribution in [0.4, 0.5) is 5.69 Å². The molecule has 4 rings (SSSR count). The highest BCUT2D eigenvalue weighted by Crippen LogP contribution is 2.39. The molecule has 2 aromatic carbocycles. The molecule has 1 heterocycles. The average Bonchev–Trinajstić information content (AvgIpc) is 3.34. The van der Waals surface area contributed by atoms with E-state index in [0.717, 1.165) is 18.5 Å². The normalized spacial score (nSPS) is 19.5. The molecule has 2 aliphatic rings. The van der Waals surface area contributed by atoms with Crippen LogP contribution in [0.2, 0.25) is 0 Å². The first-order chi connectivity index (χ1) is 10.6. The summed E-state index contributed by atoms with van der Waals surface area (Å²) in [5.41, 5.74) is 0.765. The molecule has 0 bridgehead atoms. The number of benzene rings is 2. The minimum Gasteiger partial charge on any atom is -0.457 e. The summed E-state index contributed by atoms with van der Waals surface area (Å²) in [6.45, 7) is 0.346. The van der Waals surface area contributed by atoms with Crippen LogP contribution in [0.5, 0.6) is 11.5 Å². The molecule has 114 valence electrons. The van der Waals surface area contributed by atoms with E-state index >= 15 is 0 Å². The fourth-order valence-corrected chi connectivity index (χ4v) is 3.86. The van der Waals surface area contributed by atoms with Crippen LogP contribution in [0.25, 0.3) is 0 Å². The number of anilines is 1. The molecule has 0 unspecified atom stereocenters. The van der Waals surface area contributed by atoms with Crippen molar-refractivity contribution < 1.29 is 13.2 Å². The molecule has 1 fully saturated rings. The second kappa shape index (κ2) is 5.00. The fourth-order valence-electron chi connectivity index (χ4n) is 2.66. The molecular weight excluding hydrogens is 300 g/mol. The minimum atomic E-state index is -3.47. The van der Waals surface area contributed by atoms with Crippen molar-refractivity contribution in [3.63, 3.8) is 0 Å². The van der Waals surface area contributed by atoms with Crippen molar-refractivity contribution in [2.24, 2.45) is 0 Å². The molecule has 1 aliphatic heterocycles. The number of fused-ring (bicyclic) bond motifs is 1. The van der Waals surface area contributed by atoms with Gasteiger partial charge in [-0.15, -0.1) is 0 Å². The van der Waals surface area contributed by atoms with Crippen molar-refractivity contribution in [3.05, 3.63) is 48.5 Å². The maximum atomic E-state index is 12.3. The summed E-state index contributed by atoms with van der Waals surface area (Å²) >= 11 is 0. The molecule has 0 aromatic heterocycles. The topological polar surface area (TPSA) is 58.6 Å². The highest BCUT2D eigenvalue weighted by molar-refractivity contribution is 7.89. The van der Waals surface area contributed by atoms with Gasteiger partial charge in [0.05, 0.1) is 12.4 Å². The molecule has 0 saturated heterocycles. The van der Waals surface area contributed by atoms with Crippen LogP contribution in [0.3, 0.4) is 0 Å². The Kier molecular flexibility index (Phi) is 3.09. The van der Waals surface area contributed by atoms with Crippen LogP contribution >= 0.6 is 0 Å². The Morgan fingerprint density at radius 2 is 1.82 bits per heavy atom. The first-order valence-corrected chi connectivity index (χ1v) is 8.75. The van der Waals surface area contributed by atoms with E-state index in [1.165, 1.54) is 0 Å². The molecule has 1 N–H and O–H groups in total. The van der Waals surface area contributed by atoms with E-state index in [2.05, 4.69) is 9.62 Å². The van der Waals surface area contributed by atoms with E-state index in [1.54, 1.807) is 6.07 Å². The molecule has 0 atom stereocenters. The molecule has 2 aromatic rings. The van der Waals surface area contributed by atoms with Crippen LogP contribution in [0.15, 0.2) is 53.4 Å². The van der Waals surface area contributed by atoms with Crippen LogP contribution in [0, 0.1) is 0 Å². The summed E-state index contributed by atoms with van der Waals surface area (Å²) in [5, 5.41) is 0. The molecule has 0 amide bonds. The van der Waals surface area contributed by atoms with Crippen molar-refractivity contribution in [1.82, 2.24) is 4.72 Å². The molecular formula is C16H16N2O3S. The van der Waals surface area contributed by atoms with Crippen molar-refractivity contribution in [2.45, 2.75) is 23.8 Å². The summed E-state index contributed by atoms with van der Waals surface area (Å²) < 4.78 is 32.9. The summed E-state index contributed by atoms with van der Waals surface area (Å²) in [4.78, 5) is 2.40. The zero-order chi connectivity index (χ0) is 15.2. The standard InChI is InChI=1S/C16H16N2O3S/c19-22(20)16-10-14(21-13-4-2-1-3-5-13)8-9-15(16)18(11-17-22)12-6-7-12/h1-5,8-10,12,17H,6-7,11H2. The molecule has 1 aliphatic carbocycles. The Morgan fingerprint density at radius 3 is 2.55 bits per heavy atom. The van der Waals surface area contributed by atoms with Crippen molar-refractivity contribution in [1.29, 1.82) is 0 Å². The van der Waals surface area contributed by atoms with E-state index < -0.39 is 10.0 Å². The predicted octanol–water partition coefficient (Wildman–Crippen LogP) is 2.70. The second-order valence-corrected chi connectivity index (χ2v) is 7.29. The maximum absolute atomic E-state index is 12.3. The zero-order valence-electron chi connectivity index (χ0n) is 11.9. The van der Waals surface area contributed by atoms with Crippen LogP contribution in [-0.4, -0.2) is 21.1 Å². The number of nitrogens with one attached hydrogen (secondary N) is 1. The Bertz CT molecular complexity index is 801. The lowest BCUT2D eigenvalue weighted by Gasteiger charge is -2.31. The molecule has 5 nitrogen and oxygen atoms in total. The molecule has 1 saturated carbocycles. The smallest absolute Gasteiger partial charge is 0.244 e. The second-order valence-electron chi connectivity index (χ2n) is 5.55. The number of rotatable bonds is 3. The van der Waals surface area contributed by atoms with Crippen LogP contribution in [0.1, 0.15) is 12.8 Å². The minimum absolute atomic E-state index is 0.291. The maximum Gasteiger partial charge on any atom is 0.244 e. The summed E-state index contributed by atoms with van der Waals surface area (Å²) in [6, 6.07) is 15.0. The van der Waals surface area contributed by atoms with Crippen LogP contribution in [-0.2, 0) is 10.0 Å². The molecule has 6 heteroatoms. The lowest BCUT2D eigenvalue weighted by atomic mass is 10.2. The van der Waals surface area contributed by atoms with Gasteiger partial charge in [-0.1, -0.05) is 18.2 Å². The SMILES string of the molecule is O=S1(=O)NCN(C2CC2)c2ccc(Oc3ccccc3)cc21. The number of sulfonamides is 1. The van der Waals surface area contributed by atoms with E-state index in [0.29, 0.717) is 29.1 Å². The Hall–Kier alpha value is -2.05. The number of ether oxygens (including phenoxy) is 1. The third-order valence-electron chi connectivity index (χ3n) is 3.92. The lowest BCUT2D eigenvalue weighted by Crippen LogP contribution is -2.44. The number of nitrogens with zero attached hydrogens (tertiary/aromatic N) is 1. The monoisotopic (exact) mass is 316 g/mol. The van der Waals surface area contributed by atoms with E-state index in [4.69, 9.17) is 4.74 Å². The average molecular weight is 316 g/mol. The summed E-state index contributed by atoms with van der Waals surface area (Å²) in [7, 11) is -3.47. The van der Waals surface area contributed by atoms with Gasteiger partial charge in [-0.2, -0.15) is 4.72 Å². The third-order valence-corrected chi connectivity index (χ3v) is 5.34. The van der Waals surface area contributed by atoms with E-state index in [9.17, 15) is 8.42 Å². The number of hydrogen-bond acceptors (Lipinski definition) is 4. The highest BCUT2D eigenvalue weighted by Gasteiger charge is 2.36. The van der Waals surface area contributed by atoms with Crippen molar-refractivity contribution in [3.8, 4) is 11.5 Å². The van der Waals surface area contributed by atoms with E-state index in [-0.39, 0.29) is 0 Å². The van der Waals surface area contributed by atoms with E-state index in [1.807, 2.05) is 42.5 Å². The number of hydrogen-bond donors (Lipinski definition) is 1. The highest BCUT2D eigenvalue weighted by atomic mass is 32.2. The molecule has 0 spiro atoms. The summed E-state index contributed by atoms with van der Waals surface area (Å²) in [6.07, 6.45) is 2.23. The first-order valence-electron chi connectivity index (χ1n) is 7.27. The van der Waals surface area contributed by atoms with Crippen LogP contribution < -0.4 is 14.4 Å². The zero-order valence-corrected chi connectivity index (χ0v) is 12.7. The van der Waals surface area contributed by atoms with Gasteiger partial charge in [-0.05, 0) is 37.1 Å². The van der Waals surface area contributed by atoms with Gasteiger partial charge in [0, 0.05) is 12.1 Å². The molecule has 22 heavy (non-hydrogen) atoms. The predicted molar refractivity (Wildman–Crippen MR) is 83.6 cm³/mol. The van der Waals surface area contributed by atoms with Gasteiger partial charge in [-0.25, -0.2) is 8.42 Å². The third kappa shape index (κ3) is 2.44. The van der Waals surface area contributed by atoms with Crippen molar-refractivity contribution in [2.75, 3.05) is 11.6 Å². The lowest BCUT2D eigenvalue weighted by molar-refractivity contribution is 0.480. The van der Waals surface area contributed by atoms with Gasteiger partial charge < -0.3 is 9.64 Å². The van der Waals surface area contributed by atoms with Gasteiger partial charge in [0.1, 0.15) is 16.4 Å². The van der Waals surface area contributed by atoms with Gasteiger partial charge in [0.15, 0.2) is 0 Å².